The minimum absolute atomic E-state index is 0.0497. The highest BCUT2D eigenvalue weighted by atomic mass is 19.1. The predicted octanol–water partition coefficient (Wildman–Crippen LogP) is 2.42. The topological polar surface area (TPSA) is 45.1 Å². The van der Waals surface area contributed by atoms with Crippen molar-refractivity contribution in [2.24, 2.45) is 0 Å². The van der Waals surface area contributed by atoms with E-state index in [9.17, 15) is 9.50 Å². The van der Waals surface area contributed by atoms with Crippen molar-refractivity contribution in [3.05, 3.63) is 29.8 Å². The Labute approximate surface area is 102 Å². The van der Waals surface area contributed by atoms with Crippen molar-refractivity contribution in [1.82, 2.24) is 10.3 Å². The number of hydrogen-bond donors (Lipinski definition) is 2. The maximum absolute atomic E-state index is 12.8. The van der Waals surface area contributed by atoms with E-state index in [2.05, 4.69) is 10.3 Å². The number of rotatable bonds is 6. The summed E-state index contributed by atoms with van der Waals surface area (Å²) in [5, 5.41) is 13.2. The van der Waals surface area contributed by atoms with Gasteiger partial charge in [-0.1, -0.05) is 13.8 Å². The molecule has 1 aromatic heterocycles. The zero-order valence-electron chi connectivity index (χ0n) is 10.7. The van der Waals surface area contributed by atoms with Crippen LogP contribution in [0.1, 0.15) is 45.3 Å². The SMILES string of the molecule is CCC(NCC(C)(O)CC)c1ccc(F)cn1. The van der Waals surface area contributed by atoms with E-state index < -0.39 is 5.60 Å². The first-order valence-corrected chi connectivity index (χ1v) is 6.05. The monoisotopic (exact) mass is 240 g/mol. The van der Waals surface area contributed by atoms with E-state index in [0.717, 1.165) is 12.1 Å². The molecule has 0 saturated carbocycles. The second-order valence-electron chi connectivity index (χ2n) is 4.59. The standard InChI is InChI=1S/C13H21FN2O/c1-4-11(16-9-13(3,17)5-2)12-7-6-10(14)8-15-12/h6-8,11,16-17H,4-5,9H2,1-3H3. The molecule has 2 N–H and O–H groups in total. The van der Waals surface area contributed by atoms with Gasteiger partial charge in [-0.3, -0.25) is 4.98 Å². The molecule has 0 aliphatic heterocycles. The number of halogens is 1. The zero-order valence-corrected chi connectivity index (χ0v) is 10.7. The highest BCUT2D eigenvalue weighted by Gasteiger charge is 2.20. The zero-order chi connectivity index (χ0) is 12.9. The molecule has 1 rings (SSSR count). The van der Waals surface area contributed by atoms with E-state index in [4.69, 9.17) is 0 Å². The fourth-order valence-corrected chi connectivity index (χ4v) is 1.52. The van der Waals surface area contributed by atoms with Crippen LogP contribution in [0.15, 0.2) is 18.3 Å². The van der Waals surface area contributed by atoms with Gasteiger partial charge in [0.15, 0.2) is 0 Å². The van der Waals surface area contributed by atoms with Crippen molar-refractivity contribution in [1.29, 1.82) is 0 Å². The van der Waals surface area contributed by atoms with Crippen LogP contribution < -0.4 is 5.32 Å². The molecule has 2 unspecified atom stereocenters. The number of pyridine rings is 1. The molecule has 0 aliphatic rings. The van der Waals surface area contributed by atoms with E-state index in [1.807, 2.05) is 13.8 Å². The molecule has 0 spiro atoms. The van der Waals surface area contributed by atoms with Crippen LogP contribution in [0.5, 0.6) is 0 Å². The van der Waals surface area contributed by atoms with Crippen molar-refractivity contribution < 1.29 is 9.50 Å². The summed E-state index contributed by atoms with van der Waals surface area (Å²) in [5.41, 5.74) is 0.0915. The molecule has 3 nitrogen and oxygen atoms in total. The number of nitrogens with one attached hydrogen (secondary N) is 1. The lowest BCUT2D eigenvalue weighted by Crippen LogP contribution is -2.39. The molecule has 17 heavy (non-hydrogen) atoms. The molecule has 4 heteroatoms. The van der Waals surface area contributed by atoms with Gasteiger partial charge in [-0.05, 0) is 31.9 Å². The molecule has 1 heterocycles. The lowest BCUT2D eigenvalue weighted by atomic mass is 10.0. The minimum Gasteiger partial charge on any atom is -0.389 e. The summed E-state index contributed by atoms with van der Waals surface area (Å²) in [6, 6.07) is 3.13. The molecule has 0 aliphatic carbocycles. The molecule has 0 fully saturated rings. The van der Waals surface area contributed by atoms with Crippen LogP contribution in [0.3, 0.4) is 0 Å². The van der Waals surface area contributed by atoms with Crippen molar-refractivity contribution in [3.8, 4) is 0 Å². The molecule has 0 amide bonds. The van der Waals surface area contributed by atoms with Crippen LogP contribution in [0.4, 0.5) is 4.39 Å². The van der Waals surface area contributed by atoms with Crippen molar-refractivity contribution in [3.63, 3.8) is 0 Å². The van der Waals surface area contributed by atoms with E-state index in [0.29, 0.717) is 13.0 Å². The van der Waals surface area contributed by atoms with Gasteiger partial charge >= 0.3 is 0 Å². The Balaban J connectivity index is 2.63. The van der Waals surface area contributed by atoms with Gasteiger partial charge in [0, 0.05) is 12.6 Å². The van der Waals surface area contributed by atoms with Crippen LogP contribution >= 0.6 is 0 Å². The Morgan fingerprint density at radius 2 is 2.18 bits per heavy atom. The summed E-state index contributed by atoms with van der Waals surface area (Å²) >= 11 is 0. The number of nitrogens with zero attached hydrogens (tertiary/aromatic N) is 1. The Bertz CT molecular complexity index is 338. The molecule has 96 valence electrons. The Kier molecular flexibility index (Phi) is 5.02. The minimum atomic E-state index is -0.715. The van der Waals surface area contributed by atoms with E-state index in [-0.39, 0.29) is 11.9 Å². The van der Waals surface area contributed by atoms with E-state index >= 15 is 0 Å². The molecular weight excluding hydrogens is 219 g/mol. The third kappa shape index (κ3) is 4.40. The van der Waals surface area contributed by atoms with Crippen molar-refractivity contribution in [2.75, 3.05) is 6.54 Å². The van der Waals surface area contributed by atoms with Crippen molar-refractivity contribution in [2.45, 2.75) is 45.3 Å². The lowest BCUT2D eigenvalue weighted by molar-refractivity contribution is 0.0525. The number of hydrogen-bond acceptors (Lipinski definition) is 3. The second-order valence-corrected chi connectivity index (χ2v) is 4.59. The van der Waals surface area contributed by atoms with Crippen LogP contribution in [0.2, 0.25) is 0 Å². The summed E-state index contributed by atoms with van der Waals surface area (Å²) in [6.45, 7) is 6.27. The molecular formula is C13H21FN2O. The molecule has 2 atom stereocenters. The van der Waals surface area contributed by atoms with E-state index in [1.54, 1.807) is 13.0 Å². The third-order valence-corrected chi connectivity index (χ3v) is 3.01. The van der Waals surface area contributed by atoms with Gasteiger partial charge in [-0.2, -0.15) is 0 Å². The molecule has 0 bridgehead atoms. The first-order valence-electron chi connectivity index (χ1n) is 6.05. The Morgan fingerprint density at radius 3 is 2.65 bits per heavy atom. The maximum Gasteiger partial charge on any atom is 0.141 e. The summed E-state index contributed by atoms with van der Waals surface area (Å²) < 4.78 is 12.8. The molecule has 1 aromatic rings. The lowest BCUT2D eigenvalue weighted by Gasteiger charge is -2.25. The van der Waals surface area contributed by atoms with Gasteiger partial charge < -0.3 is 10.4 Å². The van der Waals surface area contributed by atoms with Gasteiger partial charge in [-0.15, -0.1) is 0 Å². The van der Waals surface area contributed by atoms with Crippen LogP contribution in [0, 0.1) is 5.82 Å². The fourth-order valence-electron chi connectivity index (χ4n) is 1.52. The maximum atomic E-state index is 12.8. The third-order valence-electron chi connectivity index (χ3n) is 3.01. The largest absolute Gasteiger partial charge is 0.389 e. The quantitative estimate of drug-likeness (QED) is 0.802. The number of aromatic nitrogens is 1. The Morgan fingerprint density at radius 1 is 1.47 bits per heavy atom. The van der Waals surface area contributed by atoms with Gasteiger partial charge in [0.25, 0.3) is 0 Å². The second kappa shape index (κ2) is 6.07. The van der Waals surface area contributed by atoms with Crippen LogP contribution in [-0.4, -0.2) is 22.2 Å². The first-order chi connectivity index (χ1) is 7.98. The van der Waals surface area contributed by atoms with Crippen LogP contribution in [-0.2, 0) is 0 Å². The van der Waals surface area contributed by atoms with Gasteiger partial charge in [0.1, 0.15) is 5.82 Å². The molecule has 0 aromatic carbocycles. The average Bonchev–Trinajstić information content (AvgIpc) is 2.32. The summed E-state index contributed by atoms with van der Waals surface area (Å²) in [7, 11) is 0. The highest BCUT2D eigenvalue weighted by molar-refractivity contribution is 5.09. The molecule has 0 radical (unpaired) electrons. The average molecular weight is 240 g/mol. The summed E-state index contributed by atoms with van der Waals surface area (Å²) in [6.07, 6.45) is 2.75. The van der Waals surface area contributed by atoms with Gasteiger partial charge in [0.2, 0.25) is 0 Å². The van der Waals surface area contributed by atoms with Gasteiger partial charge in [0.05, 0.1) is 17.5 Å². The van der Waals surface area contributed by atoms with Crippen LogP contribution in [0.25, 0.3) is 0 Å². The van der Waals surface area contributed by atoms with Gasteiger partial charge in [-0.25, -0.2) is 4.39 Å². The predicted molar refractivity (Wildman–Crippen MR) is 66.1 cm³/mol. The van der Waals surface area contributed by atoms with E-state index in [1.165, 1.54) is 12.3 Å². The normalized spacial score (nSPS) is 16.5. The van der Waals surface area contributed by atoms with Crippen molar-refractivity contribution >= 4 is 0 Å². The number of aliphatic hydroxyl groups is 1. The first kappa shape index (κ1) is 14.1. The Hall–Kier alpha value is -1.00. The fraction of sp³-hybridized carbons (Fsp3) is 0.615. The molecule has 0 saturated heterocycles. The summed E-state index contributed by atoms with van der Waals surface area (Å²) in [4.78, 5) is 4.06. The highest BCUT2D eigenvalue weighted by Crippen LogP contribution is 2.16. The smallest absolute Gasteiger partial charge is 0.141 e. The summed E-state index contributed by atoms with van der Waals surface area (Å²) in [5.74, 6) is -0.329.